The van der Waals surface area contributed by atoms with Crippen molar-refractivity contribution in [3.8, 4) is 5.75 Å². The van der Waals surface area contributed by atoms with E-state index in [1.807, 2.05) is 26.8 Å². The highest BCUT2D eigenvalue weighted by Crippen LogP contribution is 2.24. The largest absolute Gasteiger partial charge is 0.491 e. The Kier molecular flexibility index (Phi) is 4.81. The number of halogens is 1. The number of nitrogens with zero attached hydrogens (tertiary/aromatic N) is 1. The molecule has 1 amide bonds. The average molecular weight is 305 g/mol. The summed E-state index contributed by atoms with van der Waals surface area (Å²) in [4.78, 5) is 16.3. The molecule has 1 aromatic carbocycles. The number of carbonyl (C=O) groups is 1. The summed E-state index contributed by atoms with van der Waals surface area (Å²) in [7, 11) is 0. The van der Waals surface area contributed by atoms with E-state index in [2.05, 4.69) is 10.3 Å². The number of ether oxygens (including phenoxy) is 1. The second kappa shape index (κ2) is 6.59. The van der Waals surface area contributed by atoms with Crippen molar-refractivity contribution >= 4 is 23.2 Å². The van der Waals surface area contributed by atoms with Crippen molar-refractivity contribution in [3.05, 3.63) is 52.8 Å². The van der Waals surface area contributed by atoms with Gasteiger partial charge in [0, 0.05) is 11.8 Å². The van der Waals surface area contributed by atoms with E-state index in [0.717, 1.165) is 5.56 Å². The molecule has 1 heterocycles. The minimum atomic E-state index is -0.248. The molecule has 0 bridgehead atoms. The lowest BCUT2D eigenvalue weighted by atomic mass is 10.2. The van der Waals surface area contributed by atoms with E-state index in [9.17, 15) is 4.79 Å². The number of benzene rings is 1. The first kappa shape index (κ1) is 15.3. The quantitative estimate of drug-likeness (QED) is 0.866. The van der Waals surface area contributed by atoms with Crippen molar-refractivity contribution in [2.24, 2.45) is 0 Å². The smallest absolute Gasteiger partial charge is 0.255 e. The maximum Gasteiger partial charge on any atom is 0.255 e. The van der Waals surface area contributed by atoms with Gasteiger partial charge in [0.2, 0.25) is 0 Å². The third-order valence-corrected chi connectivity index (χ3v) is 3.11. The molecule has 0 aliphatic heterocycles. The minimum absolute atomic E-state index is 0.0540. The zero-order valence-corrected chi connectivity index (χ0v) is 12.9. The van der Waals surface area contributed by atoms with Gasteiger partial charge in [-0.25, -0.2) is 4.98 Å². The van der Waals surface area contributed by atoms with Crippen LogP contribution in [0.25, 0.3) is 0 Å². The molecule has 0 aliphatic carbocycles. The molecule has 110 valence electrons. The molecule has 0 saturated heterocycles. The van der Waals surface area contributed by atoms with Crippen LogP contribution in [0, 0.1) is 6.92 Å². The number of nitrogens with one attached hydrogen (secondary N) is 1. The predicted molar refractivity (Wildman–Crippen MR) is 84.1 cm³/mol. The number of carbonyl (C=O) groups excluding carboxylic acids is 1. The molecule has 0 radical (unpaired) electrons. The van der Waals surface area contributed by atoms with E-state index < -0.39 is 0 Å². The second-order valence-corrected chi connectivity index (χ2v) is 5.30. The zero-order valence-electron chi connectivity index (χ0n) is 12.2. The number of hydrogen-bond donors (Lipinski definition) is 1. The van der Waals surface area contributed by atoms with Crippen molar-refractivity contribution in [3.63, 3.8) is 0 Å². The number of aryl methyl sites for hydroxylation is 1. The van der Waals surface area contributed by atoms with Gasteiger partial charge in [-0.2, -0.15) is 0 Å². The Labute approximate surface area is 129 Å². The fourth-order valence-electron chi connectivity index (χ4n) is 1.84. The van der Waals surface area contributed by atoms with Crippen molar-refractivity contribution in [1.82, 2.24) is 4.98 Å². The molecule has 2 rings (SSSR count). The van der Waals surface area contributed by atoms with E-state index in [0.29, 0.717) is 17.0 Å². The summed E-state index contributed by atoms with van der Waals surface area (Å²) in [5.41, 5.74) is 1.89. The van der Waals surface area contributed by atoms with E-state index in [4.69, 9.17) is 16.3 Å². The lowest BCUT2D eigenvalue weighted by Gasteiger charge is -2.12. The fourth-order valence-corrected chi connectivity index (χ4v) is 2.10. The molecule has 21 heavy (non-hydrogen) atoms. The number of rotatable bonds is 4. The summed E-state index contributed by atoms with van der Waals surface area (Å²) in [6.45, 7) is 5.73. The highest BCUT2D eigenvalue weighted by molar-refractivity contribution is 6.32. The van der Waals surface area contributed by atoms with Gasteiger partial charge in [0.15, 0.2) is 5.15 Å². The topological polar surface area (TPSA) is 51.2 Å². The molecule has 1 aromatic heterocycles. The lowest BCUT2D eigenvalue weighted by Crippen LogP contribution is -2.14. The van der Waals surface area contributed by atoms with Crippen molar-refractivity contribution in [2.45, 2.75) is 26.9 Å². The van der Waals surface area contributed by atoms with Crippen LogP contribution in [-0.4, -0.2) is 17.0 Å². The summed E-state index contributed by atoms with van der Waals surface area (Å²) in [5.74, 6) is 0.411. The van der Waals surface area contributed by atoms with E-state index in [1.165, 1.54) is 0 Å². The van der Waals surface area contributed by atoms with Gasteiger partial charge in [0.25, 0.3) is 5.91 Å². The monoisotopic (exact) mass is 304 g/mol. The van der Waals surface area contributed by atoms with Gasteiger partial charge in [-0.1, -0.05) is 17.7 Å². The van der Waals surface area contributed by atoms with Gasteiger partial charge in [-0.15, -0.1) is 0 Å². The standard InChI is InChI=1S/C16H17ClN2O2/c1-10(2)21-13-6-4-5-12(9-13)16(20)19-14-11(3)7-8-18-15(14)17/h4-10H,1-3H3,(H,19,20). The Morgan fingerprint density at radius 3 is 2.76 bits per heavy atom. The third kappa shape index (κ3) is 3.95. The minimum Gasteiger partial charge on any atom is -0.491 e. The molecule has 0 saturated carbocycles. The summed E-state index contributed by atoms with van der Waals surface area (Å²) < 4.78 is 5.58. The molecular weight excluding hydrogens is 288 g/mol. The van der Waals surface area contributed by atoms with Crippen LogP contribution < -0.4 is 10.1 Å². The van der Waals surface area contributed by atoms with Crippen LogP contribution in [0.5, 0.6) is 5.75 Å². The van der Waals surface area contributed by atoms with Crippen molar-refractivity contribution in [1.29, 1.82) is 0 Å². The molecule has 0 spiro atoms. The number of amides is 1. The van der Waals surface area contributed by atoms with Gasteiger partial charge in [-0.05, 0) is 50.6 Å². The van der Waals surface area contributed by atoms with Crippen LogP contribution in [0.4, 0.5) is 5.69 Å². The van der Waals surface area contributed by atoms with Gasteiger partial charge in [0.1, 0.15) is 5.75 Å². The van der Waals surface area contributed by atoms with Gasteiger partial charge in [0.05, 0.1) is 11.8 Å². The molecule has 0 fully saturated rings. The highest BCUT2D eigenvalue weighted by atomic mass is 35.5. The number of pyridine rings is 1. The van der Waals surface area contributed by atoms with Gasteiger partial charge < -0.3 is 10.1 Å². The summed E-state index contributed by atoms with van der Waals surface area (Å²) >= 11 is 6.01. The number of hydrogen-bond acceptors (Lipinski definition) is 3. The summed E-state index contributed by atoms with van der Waals surface area (Å²) in [6, 6.07) is 8.82. The molecular formula is C16H17ClN2O2. The Balaban J connectivity index is 2.21. The summed E-state index contributed by atoms with van der Waals surface area (Å²) in [5, 5.41) is 3.06. The molecule has 2 aromatic rings. The molecule has 0 unspecified atom stereocenters. The SMILES string of the molecule is Cc1ccnc(Cl)c1NC(=O)c1cccc(OC(C)C)c1. The maximum atomic E-state index is 12.3. The van der Waals surface area contributed by atoms with Crippen LogP contribution in [-0.2, 0) is 0 Å². The maximum absolute atomic E-state index is 12.3. The molecule has 0 aliphatic rings. The van der Waals surface area contributed by atoms with Crippen molar-refractivity contribution < 1.29 is 9.53 Å². The molecule has 1 N–H and O–H groups in total. The van der Waals surface area contributed by atoms with Crippen LogP contribution in [0.2, 0.25) is 5.15 Å². The number of aromatic nitrogens is 1. The molecule has 0 atom stereocenters. The Morgan fingerprint density at radius 2 is 2.10 bits per heavy atom. The second-order valence-electron chi connectivity index (χ2n) is 4.94. The lowest BCUT2D eigenvalue weighted by molar-refractivity contribution is 0.102. The Bertz CT molecular complexity index is 636. The third-order valence-electron chi connectivity index (χ3n) is 2.82. The van der Waals surface area contributed by atoms with Crippen LogP contribution in [0.1, 0.15) is 29.8 Å². The van der Waals surface area contributed by atoms with Gasteiger partial charge >= 0.3 is 0 Å². The predicted octanol–water partition coefficient (Wildman–Crippen LogP) is 4.08. The first-order chi connectivity index (χ1) is 9.97. The molecule has 4 nitrogen and oxygen atoms in total. The molecule has 5 heteroatoms. The first-order valence-corrected chi connectivity index (χ1v) is 7.04. The Morgan fingerprint density at radius 1 is 1.33 bits per heavy atom. The zero-order chi connectivity index (χ0) is 15.4. The van der Waals surface area contributed by atoms with Crippen LogP contribution >= 0.6 is 11.6 Å². The van der Waals surface area contributed by atoms with E-state index >= 15 is 0 Å². The van der Waals surface area contributed by atoms with Crippen LogP contribution in [0.15, 0.2) is 36.5 Å². The highest BCUT2D eigenvalue weighted by Gasteiger charge is 2.12. The van der Waals surface area contributed by atoms with Crippen molar-refractivity contribution in [2.75, 3.05) is 5.32 Å². The fraction of sp³-hybridized carbons (Fsp3) is 0.250. The van der Waals surface area contributed by atoms with E-state index in [-0.39, 0.29) is 17.2 Å². The van der Waals surface area contributed by atoms with E-state index in [1.54, 1.807) is 30.5 Å². The Hall–Kier alpha value is -2.07. The summed E-state index contributed by atoms with van der Waals surface area (Å²) in [6.07, 6.45) is 1.66. The number of anilines is 1. The normalized spacial score (nSPS) is 10.5. The van der Waals surface area contributed by atoms with Gasteiger partial charge in [-0.3, -0.25) is 4.79 Å². The average Bonchev–Trinajstić information content (AvgIpc) is 2.42. The van der Waals surface area contributed by atoms with Crippen LogP contribution in [0.3, 0.4) is 0 Å². The first-order valence-electron chi connectivity index (χ1n) is 6.66.